The molecule has 41 heavy (non-hydrogen) atoms. The molecule has 0 aliphatic heterocycles. The third kappa shape index (κ3) is 5.17. The van der Waals surface area contributed by atoms with E-state index in [1.807, 2.05) is 24.3 Å². The first-order chi connectivity index (χ1) is 19.7. The van der Waals surface area contributed by atoms with Crippen molar-refractivity contribution in [3.05, 3.63) is 123 Å². The standard InChI is InChI=1S/C30H16Cl2F3N5O/c31-22-10-5-17(6-11-22)24-16-37-40-28(26(24)19-7-12-23(32)13-8-19)39-38-27(29(40)41)20-3-1-18(2-4-20)25-14-9-21(15-36-25)30(33,34)35/h1-16H. The second-order valence-corrected chi connectivity index (χ2v) is 9.92. The van der Waals surface area contributed by atoms with Crippen molar-refractivity contribution < 1.29 is 13.2 Å². The van der Waals surface area contributed by atoms with E-state index in [2.05, 4.69) is 20.3 Å². The number of nitrogens with zero attached hydrogens (tertiary/aromatic N) is 5. The molecule has 3 heterocycles. The van der Waals surface area contributed by atoms with E-state index in [0.717, 1.165) is 29.0 Å². The zero-order chi connectivity index (χ0) is 28.7. The van der Waals surface area contributed by atoms with Crippen molar-refractivity contribution in [2.45, 2.75) is 6.18 Å². The maximum atomic E-state index is 13.6. The van der Waals surface area contributed by atoms with Gasteiger partial charge in [0.05, 0.1) is 17.5 Å². The predicted octanol–water partition coefficient (Wildman–Crippen LogP) is 7.87. The van der Waals surface area contributed by atoms with Crippen LogP contribution in [0.15, 0.2) is 102 Å². The number of aromatic nitrogens is 5. The summed E-state index contributed by atoms with van der Waals surface area (Å²) in [5.74, 6) is 0. The fraction of sp³-hybridized carbons (Fsp3) is 0.0333. The molecule has 0 aliphatic rings. The first kappa shape index (κ1) is 26.6. The van der Waals surface area contributed by atoms with Gasteiger partial charge in [0, 0.05) is 38.5 Å². The van der Waals surface area contributed by atoms with E-state index < -0.39 is 17.3 Å². The molecule has 0 saturated heterocycles. The van der Waals surface area contributed by atoms with Crippen LogP contribution in [0.25, 0.3) is 50.4 Å². The third-order valence-electron chi connectivity index (χ3n) is 6.47. The van der Waals surface area contributed by atoms with Crippen LogP contribution in [0.2, 0.25) is 10.0 Å². The van der Waals surface area contributed by atoms with E-state index in [9.17, 15) is 18.0 Å². The molecule has 0 unspecified atom stereocenters. The minimum Gasteiger partial charge on any atom is -0.265 e. The molecule has 3 aromatic heterocycles. The molecule has 0 radical (unpaired) electrons. The fourth-order valence-electron chi connectivity index (χ4n) is 4.40. The number of hydrogen-bond acceptors (Lipinski definition) is 5. The molecule has 0 saturated carbocycles. The molecule has 0 atom stereocenters. The molecular formula is C30H16Cl2F3N5O. The lowest BCUT2D eigenvalue weighted by atomic mass is 9.97. The molecule has 0 spiro atoms. The first-order valence-electron chi connectivity index (χ1n) is 12.1. The van der Waals surface area contributed by atoms with Crippen molar-refractivity contribution in [3.8, 4) is 44.8 Å². The predicted molar refractivity (Wildman–Crippen MR) is 152 cm³/mol. The second kappa shape index (κ2) is 10.4. The summed E-state index contributed by atoms with van der Waals surface area (Å²) in [4.78, 5) is 17.5. The van der Waals surface area contributed by atoms with Gasteiger partial charge >= 0.3 is 11.7 Å². The van der Waals surface area contributed by atoms with Crippen molar-refractivity contribution in [2.75, 3.05) is 0 Å². The summed E-state index contributed by atoms with van der Waals surface area (Å²) in [7, 11) is 0. The maximum absolute atomic E-state index is 13.6. The average Bonchev–Trinajstić information content (AvgIpc) is 2.98. The van der Waals surface area contributed by atoms with Crippen molar-refractivity contribution >= 4 is 28.8 Å². The van der Waals surface area contributed by atoms with Gasteiger partial charge in [-0.2, -0.15) is 22.8 Å². The highest BCUT2D eigenvalue weighted by molar-refractivity contribution is 6.31. The molecular weight excluding hydrogens is 574 g/mol. The molecule has 6 nitrogen and oxygen atoms in total. The number of hydrogen-bond donors (Lipinski definition) is 0. The highest BCUT2D eigenvalue weighted by Crippen LogP contribution is 2.35. The van der Waals surface area contributed by atoms with E-state index >= 15 is 0 Å². The van der Waals surface area contributed by atoms with Gasteiger partial charge in [-0.3, -0.25) is 9.78 Å². The number of rotatable bonds is 4. The first-order valence-corrected chi connectivity index (χ1v) is 12.9. The molecule has 3 aromatic carbocycles. The molecule has 6 rings (SSSR count). The smallest absolute Gasteiger partial charge is 0.265 e. The summed E-state index contributed by atoms with van der Waals surface area (Å²) in [5.41, 5.74) is 3.32. The van der Waals surface area contributed by atoms with E-state index in [1.54, 1.807) is 54.7 Å². The van der Waals surface area contributed by atoms with Crippen molar-refractivity contribution in [3.63, 3.8) is 0 Å². The van der Waals surface area contributed by atoms with Gasteiger partial charge in [-0.25, -0.2) is 0 Å². The van der Waals surface area contributed by atoms with Gasteiger partial charge in [-0.15, -0.1) is 10.2 Å². The van der Waals surface area contributed by atoms with Gasteiger partial charge in [0.1, 0.15) is 0 Å². The fourth-order valence-corrected chi connectivity index (χ4v) is 4.66. The Hall–Kier alpha value is -4.60. The van der Waals surface area contributed by atoms with Gasteiger partial charge in [0.25, 0.3) is 0 Å². The average molecular weight is 590 g/mol. The second-order valence-electron chi connectivity index (χ2n) is 9.04. The van der Waals surface area contributed by atoms with Crippen LogP contribution in [0, 0.1) is 0 Å². The Balaban J connectivity index is 1.44. The number of pyridine rings is 1. The van der Waals surface area contributed by atoms with Crippen LogP contribution in [-0.4, -0.2) is 24.8 Å². The van der Waals surface area contributed by atoms with Crippen LogP contribution in [0.5, 0.6) is 0 Å². The van der Waals surface area contributed by atoms with Crippen LogP contribution in [-0.2, 0) is 6.18 Å². The lowest BCUT2D eigenvalue weighted by Gasteiger charge is -2.13. The lowest BCUT2D eigenvalue weighted by molar-refractivity contribution is -0.137. The molecule has 0 amide bonds. The van der Waals surface area contributed by atoms with Crippen molar-refractivity contribution in [2.24, 2.45) is 0 Å². The minimum absolute atomic E-state index is 0.0585. The summed E-state index contributed by atoms with van der Waals surface area (Å²) < 4.78 is 39.8. The Morgan fingerprint density at radius 3 is 1.83 bits per heavy atom. The maximum Gasteiger partial charge on any atom is 0.417 e. The van der Waals surface area contributed by atoms with Crippen molar-refractivity contribution in [1.29, 1.82) is 0 Å². The summed E-state index contributed by atoms with van der Waals surface area (Å²) >= 11 is 12.2. The molecule has 0 fully saturated rings. The quantitative estimate of drug-likeness (QED) is 0.209. The van der Waals surface area contributed by atoms with Crippen LogP contribution in [0.4, 0.5) is 13.2 Å². The van der Waals surface area contributed by atoms with Gasteiger partial charge < -0.3 is 0 Å². The Bertz CT molecular complexity index is 1940. The van der Waals surface area contributed by atoms with Crippen LogP contribution in [0.1, 0.15) is 5.56 Å². The number of benzene rings is 3. The number of alkyl halides is 3. The highest BCUT2D eigenvalue weighted by atomic mass is 35.5. The minimum atomic E-state index is -4.47. The van der Waals surface area contributed by atoms with Crippen LogP contribution in [0.3, 0.4) is 0 Å². The van der Waals surface area contributed by atoms with Gasteiger partial charge in [-0.05, 0) is 47.5 Å². The van der Waals surface area contributed by atoms with Gasteiger partial charge in [-0.1, -0.05) is 71.7 Å². The van der Waals surface area contributed by atoms with E-state index in [1.165, 1.54) is 10.6 Å². The molecule has 0 N–H and O–H groups in total. The summed E-state index contributed by atoms with van der Waals surface area (Å²) in [6.45, 7) is 0. The topological polar surface area (TPSA) is 73.0 Å². The molecule has 6 aromatic rings. The van der Waals surface area contributed by atoms with Crippen molar-refractivity contribution in [1.82, 2.24) is 24.8 Å². The summed E-state index contributed by atoms with van der Waals surface area (Å²) in [5, 5.41) is 14.2. The summed E-state index contributed by atoms with van der Waals surface area (Å²) in [6, 6.07) is 23.2. The van der Waals surface area contributed by atoms with E-state index in [-0.39, 0.29) is 11.3 Å². The zero-order valence-electron chi connectivity index (χ0n) is 20.8. The normalized spacial score (nSPS) is 11.6. The largest absolute Gasteiger partial charge is 0.417 e. The zero-order valence-corrected chi connectivity index (χ0v) is 22.3. The van der Waals surface area contributed by atoms with Gasteiger partial charge in [0.15, 0.2) is 11.3 Å². The molecule has 0 bridgehead atoms. The molecule has 0 aliphatic carbocycles. The SMILES string of the molecule is O=c1c(-c2ccc(-c3ccc(C(F)(F)F)cn3)cc2)nnc2c(-c3ccc(Cl)cc3)c(-c3ccc(Cl)cc3)cnn12. The molecule has 11 heteroatoms. The molecule has 202 valence electrons. The van der Waals surface area contributed by atoms with Crippen LogP contribution < -0.4 is 5.56 Å². The monoisotopic (exact) mass is 589 g/mol. The van der Waals surface area contributed by atoms with Gasteiger partial charge in [0.2, 0.25) is 0 Å². The Labute approximate surface area is 240 Å². The number of halogens is 5. The van der Waals surface area contributed by atoms with E-state index in [4.69, 9.17) is 23.2 Å². The van der Waals surface area contributed by atoms with Crippen LogP contribution >= 0.6 is 23.2 Å². The Morgan fingerprint density at radius 1 is 0.659 bits per heavy atom. The lowest BCUT2D eigenvalue weighted by Crippen LogP contribution is -2.22. The van der Waals surface area contributed by atoms with E-state index in [0.29, 0.717) is 32.4 Å². The Morgan fingerprint density at radius 2 is 1.24 bits per heavy atom. The highest BCUT2D eigenvalue weighted by Gasteiger charge is 2.30. The number of fused-ring (bicyclic) bond motifs is 1. The third-order valence-corrected chi connectivity index (χ3v) is 6.97. The summed E-state index contributed by atoms with van der Waals surface area (Å²) in [6.07, 6.45) is -2.09. The Kier molecular flexibility index (Phi) is 6.76.